The van der Waals surface area contributed by atoms with Crippen molar-refractivity contribution < 1.29 is 59.2 Å². The summed E-state index contributed by atoms with van der Waals surface area (Å²) < 4.78 is 22.3. The minimum atomic E-state index is -1.43. The number of nitrogens with two attached hydrogens (primary N) is 1. The monoisotopic (exact) mass is 657 g/mol. The summed E-state index contributed by atoms with van der Waals surface area (Å²) in [5, 5.41) is 62.7. The van der Waals surface area contributed by atoms with Crippen LogP contribution in [0.5, 0.6) is 0 Å². The van der Waals surface area contributed by atoms with Gasteiger partial charge < -0.3 is 55.3 Å². The number of rotatable bonds is 17. The van der Waals surface area contributed by atoms with Crippen LogP contribution >= 0.6 is 0 Å². The first-order chi connectivity index (χ1) is 21.9. The highest BCUT2D eigenvalue weighted by molar-refractivity contribution is 5.97. The van der Waals surface area contributed by atoms with Gasteiger partial charge in [0.25, 0.3) is 0 Å². The maximum Gasteiger partial charge on any atom is 0.243 e. The van der Waals surface area contributed by atoms with E-state index in [1.54, 1.807) is 13.8 Å². The molecule has 0 unspecified atom stereocenters. The van der Waals surface area contributed by atoms with Crippen molar-refractivity contribution in [1.82, 2.24) is 10.2 Å². The minimum Gasteiger partial charge on any atom is -0.388 e. The molecule has 15 nitrogen and oxygen atoms in total. The highest BCUT2D eigenvalue weighted by atomic mass is 16.7. The van der Waals surface area contributed by atoms with Crippen LogP contribution in [0.4, 0.5) is 0 Å². The molecule has 2 saturated heterocycles. The number of carbonyl (C=O) groups is 2. The molecule has 0 radical (unpaired) electrons. The van der Waals surface area contributed by atoms with Crippen LogP contribution in [-0.4, -0.2) is 148 Å². The molecule has 262 valence electrons. The third-order valence-corrected chi connectivity index (χ3v) is 8.27. The summed E-state index contributed by atoms with van der Waals surface area (Å²) in [6.45, 7) is 4.63. The number of nitrogens with one attached hydrogen (secondary N) is 1. The summed E-state index contributed by atoms with van der Waals surface area (Å²) in [6, 6.07) is 8.47. The number of unbranched alkanes of at least 4 members (excludes halogenated alkanes) is 2. The Balaban J connectivity index is 1.42. The van der Waals surface area contributed by atoms with Gasteiger partial charge in [0.15, 0.2) is 12.6 Å². The van der Waals surface area contributed by atoms with Crippen molar-refractivity contribution in [3.8, 4) is 0 Å². The molecule has 1 aromatic carbocycles. The van der Waals surface area contributed by atoms with Crippen LogP contribution in [0.2, 0.25) is 0 Å². The van der Waals surface area contributed by atoms with E-state index < -0.39 is 79.3 Å². The number of amides is 2. The Morgan fingerprint density at radius 2 is 1.30 bits per heavy atom. The van der Waals surface area contributed by atoms with Crippen LogP contribution < -0.4 is 11.1 Å². The number of imide groups is 1. The van der Waals surface area contributed by atoms with Crippen molar-refractivity contribution in [2.45, 2.75) is 113 Å². The van der Waals surface area contributed by atoms with Crippen LogP contribution in [-0.2, 0) is 35.0 Å². The summed E-state index contributed by atoms with van der Waals surface area (Å²) in [5.74, 6) is -0.917. The van der Waals surface area contributed by atoms with Crippen LogP contribution in [0.3, 0.4) is 0 Å². The number of nitrogens with zero attached hydrogens (tertiary/aromatic N) is 1. The normalized spacial score (nSPS) is 32.3. The first kappa shape index (κ1) is 38.3. The highest BCUT2D eigenvalue weighted by Crippen LogP contribution is 2.23. The molecule has 0 bridgehead atoms. The van der Waals surface area contributed by atoms with Crippen molar-refractivity contribution >= 4 is 11.8 Å². The van der Waals surface area contributed by atoms with E-state index in [4.69, 9.17) is 24.7 Å². The Bertz CT molecular complexity index is 1010. The van der Waals surface area contributed by atoms with Gasteiger partial charge in [-0.05, 0) is 45.2 Å². The van der Waals surface area contributed by atoms with Gasteiger partial charge >= 0.3 is 0 Å². The van der Waals surface area contributed by atoms with Gasteiger partial charge in [-0.2, -0.15) is 0 Å². The second-order valence-corrected chi connectivity index (χ2v) is 12.0. The fraction of sp³-hybridized carbons (Fsp3) is 0.742. The number of ether oxygens (including phenoxy) is 4. The number of aliphatic hydroxyl groups excluding tert-OH is 6. The Morgan fingerprint density at radius 1 is 0.783 bits per heavy atom. The molecule has 1 aromatic rings. The highest BCUT2D eigenvalue weighted by Gasteiger charge is 2.43. The zero-order valence-electron chi connectivity index (χ0n) is 26.5. The molecule has 9 N–H and O–H groups in total. The lowest BCUT2D eigenvalue weighted by molar-refractivity contribution is -0.295. The quantitative estimate of drug-likeness (QED) is 0.0827. The second kappa shape index (κ2) is 19.0. The SMILES string of the molecule is C[C@@H]1O[C@@H](OCCN(CCCCCC(=O)NC(=O)[C@@H](N)Cc2ccccc2)CCO[C@@H]2O[C@@H](C)[C@@H](O)[C@@H](O)[C@@H]2O)[C@@H](O)[C@H](O)[C@@H]1O. The molecule has 15 heteroatoms. The van der Waals surface area contributed by atoms with Gasteiger partial charge in [0.2, 0.25) is 11.8 Å². The lowest BCUT2D eigenvalue weighted by Crippen LogP contribution is -2.57. The molecule has 0 spiro atoms. The maximum absolute atomic E-state index is 12.3. The zero-order chi connectivity index (χ0) is 33.8. The number of carbonyl (C=O) groups excluding carboxylic acids is 2. The van der Waals surface area contributed by atoms with E-state index in [0.29, 0.717) is 45.3 Å². The van der Waals surface area contributed by atoms with Gasteiger partial charge in [-0.25, -0.2) is 0 Å². The van der Waals surface area contributed by atoms with E-state index in [2.05, 4.69) is 5.32 Å². The summed E-state index contributed by atoms with van der Waals surface area (Å²) in [7, 11) is 0. The Labute approximate surface area is 269 Å². The summed E-state index contributed by atoms with van der Waals surface area (Å²) >= 11 is 0. The van der Waals surface area contributed by atoms with E-state index in [1.807, 2.05) is 35.2 Å². The largest absolute Gasteiger partial charge is 0.388 e. The van der Waals surface area contributed by atoms with Gasteiger partial charge in [-0.3, -0.25) is 19.8 Å². The van der Waals surface area contributed by atoms with Crippen molar-refractivity contribution in [3.05, 3.63) is 35.9 Å². The van der Waals surface area contributed by atoms with Gasteiger partial charge in [-0.15, -0.1) is 0 Å². The van der Waals surface area contributed by atoms with E-state index in [1.165, 1.54) is 0 Å². The minimum absolute atomic E-state index is 0.107. The molecule has 0 saturated carbocycles. The molecule has 2 fully saturated rings. The third-order valence-electron chi connectivity index (χ3n) is 8.27. The maximum atomic E-state index is 12.3. The molecule has 2 heterocycles. The molecular formula is C31H51N3O12. The van der Waals surface area contributed by atoms with Gasteiger partial charge in [0, 0.05) is 19.5 Å². The van der Waals surface area contributed by atoms with E-state index >= 15 is 0 Å². The number of hydrogen-bond acceptors (Lipinski definition) is 14. The Morgan fingerprint density at radius 3 is 1.83 bits per heavy atom. The first-order valence-corrected chi connectivity index (χ1v) is 15.9. The molecule has 0 aliphatic carbocycles. The molecule has 3 rings (SSSR count). The lowest BCUT2D eigenvalue weighted by atomic mass is 10.0. The van der Waals surface area contributed by atoms with Crippen LogP contribution in [0.25, 0.3) is 0 Å². The van der Waals surface area contributed by atoms with Crippen LogP contribution in [0.15, 0.2) is 30.3 Å². The molecule has 2 amide bonds. The summed E-state index contributed by atoms with van der Waals surface area (Å²) in [4.78, 5) is 26.6. The van der Waals surface area contributed by atoms with Crippen LogP contribution in [0, 0.1) is 0 Å². The summed E-state index contributed by atoms with van der Waals surface area (Å²) in [6.07, 6.45) is -9.53. The third kappa shape index (κ3) is 11.5. The topological polar surface area (TPSA) is 234 Å². The Hall–Kier alpha value is -2.12. The fourth-order valence-corrected chi connectivity index (χ4v) is 5.28. The molecule has 2 aliphatic heterocycles. The molecule has 0 aromatic heterocycles. The zero-order valence-corrected chi connectivity index (χ0v) is 26.5. The van der Waals surface area contributed by atoms with E-state index in [9.17, 15) is 40.2 Å². The second-order valence-electron chi connectivity index (χ2n) is 12.0. The van der Waals surface area contributed by atoms with E-state index in [0.717, 1.165) is 5.56 Å². The lowest BCUT2D eigenvalue weighted by Gasteiger charge is -2.39. The van der Waals surface area contributed by atoms with Crippen molar-refractivity contribution in [2.24, 2.45) is 5.73 Å². The van der Waals surface area contributed by atoms with Gasteiger partial charge in [0.1, 0.15) is 36.6 Å². The smallest absolute Gasteiger partial charge is 0.243 e. The first-order valence-electron chi connectivity index (χ1n) is 15.9. The number of aliphatic hydroxyl groups is 6. The molecule has 11 atom stereocenters. The van der Waals surface area contributed by atoms with E-state index in [-0.39, 0.29) is 19.6 Å². The average Bonchev–Trinajstić information content (AvgIpc) is 3.03. The summed E-state index contributed by atoms with van der Waals surface area (Å²) in [5.41, 5.74) is 6.86. The number of hydrogen-bond donors (Lipinski definition) is 8. The average molecular weight is 658 g/mol. The van der Waals surface area contributed by atoms with Crippen LogP contribution in [0.1, 0.15) is 45.1 Å². The van der Waals surface area contributed by atoms with Gasteiger partial charge in [-0.1, -0.05) is 36.8 Å². The molecule has 46 heavy (non-hydrogen) atoms. The fourth-order valence-electron chi connectivity index (χ4n) is 5.28. The predicted molar refractivity (Wildman–Crippen MR) is 163 cm³/mol. The predicted octanol–water partition coefficient (Wildman–Crippen LogP) is -2.25. The standard InChI is InChI=1S/C31H51N3O12/c1-18-23(36)25(38)27(40)30(45-18)43-15-13-34(14-16-44-31-28(41)26(39)24(37)19(2)46-31)12-8-4-7-11-22(35)33-29(42)21(32)17-20-9-5-3-6-10-20/h3,5-6,9-10,18-19,21,23-28,30-31,36-41H,4,7-8,11-17,32H2,1-2H3,(H,33,35,42)/t18-,19-,21-,23+,24+,25+,26+,27-,28-,30+,31+/m0/s1. The molecule has 2 aliphatic rings. The number of benzene rings is 1. The molecular weight excluding hydrogens is 606 g/mol. The van der Waals surface area contributed by atoms with Crippen molar-refractivity contribution in [3.63, 3.8) is 0 Å². The van der Waals surface area contributed by atoms with Crippen molar-refractivity contribution in [2.75, 3.05) is 32.8 Å². The van der Waals surface area contributed by atoms with Gasteiger partial charge in [0.05, 0.1) is 31.5 Å². The van der Waals surface area contributed by atoms with Crippen molar-refractivity contribution in [1.29, 1.82) is 0 Å². The Kier molecular flexibility index (Phi) is 15.8.